The Balaban J connectivity index is 2.14. The molecule has 1 aromatic carbocycles. The fraction of sp³-hybridized carbons (Fsp3) is 0.529. The molecule has 0 aliphatic rings. The van der Waals surface area contributed by atoms with Gasteiger partial charge in [0, 0.05) is 32.1 Å². The number of anilines is 1. The van der Waals surface area contributed by atoms with Crippen LogP contribution >= 0.6 is 40.0 Å². The van der Waals surface area contributed by atoms with E-state index in [1.54, 1.807) is 11.9 Å². The summed E-state index contributed by atoms with van der Waals surface area (Å²) in [6.07, 6.45) is 2.04. The Bertz CT molecular complexity index is 778. The summed E-state index contributed by atoms with van der Waals surface area (Å²) in [6.45, 7) is 9.66. The van der Waals surface area contributed by atoms with Gasteiger partial charge in [-0.25, -0.2) is 9.25 Å². The van der Waals surface area contributed by atoms with E-state index in [-0.39, 0.29) is 6.09 Å². The van der Waals surface area contributed by atoms with Gasteiger partial charge in [0.2, 0.25) is 0 Å². The molecule has 0 radical (unpaired) electrons. The predicted molar refractivity (Wildman–Crippen MR) is 119 cm³/mol. The van der Waals surface area contributed by atoms with Crippen LogP contribution in [0, 0.1) is 0 Å². The Morgan fingerprint density at radius 3 is 2.65 bits per heavy atom. The van der Waals surface area contributed by atoms with Crippen molar-refractivity contribution in [2.45, 2.75) is 33.3 Å². The number of carbonyl (C=O) groups excluding carboxylic acids is 1. The van der Waals surface area contributed by atoms with Crippen molar-refractivity contribution in [1.82, 2.24) is 14.5 Å². The first kappa shape index (κ1) is 21.5. The van der Waals surface area contributed by atoms with Crippen LogP contribution in [-0.2, 0) is 4.74 Å². The quantitative estimate of drug-likeness (QED) is 0.397. The molecule has 0 aliphatic carbocycles. The second-order valence-electron chi connectivity index (χ2n) is 6.98. The molecule has 9 heteroatoms. The molecule has 1 amide bonds. The maximum absolute atomic E-state index is 12.1. The van der Waals surface area contributed by atoms with Crippen LogP contribution in [-0.4, -0.2) is 52.8 Å². The van der Waals surface area contributed by atoms with E-state index in [4.69, 9.17) is 16.3 Å². The molecule has 144 valence electrons. The van der Waals surface area contributed by atoms with Crippen molar-refractivity contribution >= 4 is 62.7 Å². The van der Waals surface area contributed by atoms with Crippen LogP contribution < -0.4 is 4.90 Å². The lowest BCUT2D eigenvalue weighted by Crippen LogP contribution is -2.39. The highest BCUT2D eigenvalue weighted by Crippen LogP contribution is 2.35. The number of fused-ring (bicyclic) bond motifs is 1. The van der Waals surface area contributed by atoms with Crippen LogP contribution in [0.4, 0.5) is 10.5 Å². The first-order valence-corrected chi connectivity index (χ1v) is 12.8. The van der Waals surface area contributed by atoms with Gasteiger partial charge >= 0.3 is 6.09 Å². The second kappa shape index (κ2) is 8.93. The summed E-state index contributed by atoms with van der Waals surface area (Å²) in [6, 6.07) is 4.03. The number of halogens is 2. The van der Waals surface area contributed by atoms with Crippen LogP contribution in [0.3, 0.4) is 0 Å². The van der Waals surface area contributed by atoms with Crippen LogP contribution in [0.25, 0.3) is 10.9 Å². The number of carbonyl (C=O) groups is 1. The number of hydrogen-bond acceptors (Lipinski definition) is 4. The Labute approximate surface area is 174 Å². The van der Waals surface area contributed by atoms with Gasteiger partial charge in [0.25, 0.3) is 0 Å². The third kappa shape index (κ3) is 5.36. The molecular formula is C17H25ClIN4O2P. The van der Waals surface area contributed by atoms with Crippen molar-refractivity contribution in [2.24, 2.45) is 0 Å². The van der Waals surface area contributed by atoms with Gasteiger partial charge < -0.3 is 14.5 Å². The summed E-state index contributed by atoms with van der Waals surface area (Å²) in [5.41, 5.74) is 1.52. The monoisotopic (exact) mass is 510 g/mol. The number of amides is 1. The number of likely N-dealkylation sites (N-methyl/N-ethyl adjacent to an activating group) is 2. The van der Waals surface area contributed by atoms with E-state index < -0.39 is 5.60 Å². The average Bonchev–Trinajstić information content (AvgIpc) is 2.95. The third-order valence-electron chi connectivity index (χ3n) is 3.85. The van der Waals surface area contributed by atoms with Gasteiger partial charge in [-0.1, -0.05) is 11.6 Å². The van der Waals surface area contributed by atoms with Crippen molar-refractivity contribution in [3.05, 3.63) is 23.4 Å². The Kier molecular flexibility index (Phi) is 7.39. The summed E-state index contributed by atoms with van der Waals surface area (Å²) in [5.74, 6) is 0. The lowest BCUT2D eigenvalue weighted by Gasteiger charge is -2.29. The van der Waals surface area contributed by atoms with Gasteiger partial charge in [-0.2, -0.15) is 5.10 Å². The third-order valence-corrected chi connectivity index (χ3v) is 6.04. The standard InChI is InChI=1S/C17H25ClIN4O2P/c1-6-22(8-7-21(5)16(24)25-17(2,3)4)15-10-14-12(9-13(15)18)11-20-23(14)26-19/h9-11,26H,6-8H2,1-5H3. The topological polar surface area (TPSA) is 50.6 Å². The Morgan fingerprint density at radius 1 is 1.38 bits per heavy atom. The summed E-state index contributed by atoms with van der Waals surface area (Å²) in [7, 11) is 1.75. The van der Waals surface area contributed by atoms with Gasteiger partial charge in [0.05, 0.1) is 28.8 Å². The van der Waals surface area contributed by atoms with Crippen LogP contribution in [0.15, 0.2) is 18.3 Å². The molecule has 2 aromatic rings. The van der Waals surface area contributed by atoms with Crippen LogP contribution in [0.1, 0.15) is 27.7 Å². The molecule has 6 nitrogen and oxygen atoms in total. The van der Waals surface area contributed by atoms with Gasteiger partial charge in [-0.05, 0) is 61.9 Å². The van der Waals surface area contributed by atoms with Crippen molar-refractivity contribution in [2.75, 3.05) is 31.6 Å². The molecule has 1 aromatic heterocycles. The minimum absolute atomic E-state index is 0.320. The maximum atomic E-state index is 12.1. The molecule has 0 saturated heterocycles. The first-order valence-electron chi connectivity index (χ1n) is 8.39. The molecule has 0 fully saturated rings. The molecule has 1 atom stereocenters. The zero-order valence-corrected chi connectivity index (χ0v) is 19.6. The van der Waals surface area contributed by atoms with E-state index in [0.717, 1.165) is 23.1 Å². The highest BCUT2D eigenvalue weighted by Gasteiger charge is 2.20. The molecule has 0 saturated carbocycles. The van der Waals surface area contributed by atoms with Gasteiger partial charge in [-0.15, -0.1) is 0 Å². The number of aromatic nitrogens is 2. The molecule has 1 heterocycles. The van der Waals surface area contributed by atoms with Gasteiger partial charge in [-0.3, -0.25) is 0 Å². The molecule has 0 bridgehead atoms. The lowest BCUT2D eigenvalue weighted by molar-refractivity contribution is 0.0303. The SMILES string of the molecule is CCN(CCN(C)C(=O)OC(C)(C)C)c1cc2c(cnn2PI)cc1Cl. The molecule has 0 N–H and O–H groups in total. The number of hydrogen-bond donors (Lipinski definition) is 0. The lowest BCUT2D eigenvalue weighted by atomic mass is 10.2. The van der Waals surface area contributed by atoms with E-state index in [1.165, 1.54) is 0 Å². The van der Waals surface area contributed by atoms with Crippen molar-refractivity contribution in [3.63, 3.8) is 0 Å². The Hall–Kier alpha value is -0.790. The summed E-state index contributed by atoms with van der Waals surface area (Å²) in [4.78, 5) is 15.9. The molecule has 0 aliphatic heterocycles. The number of nitrogens with zero attached hydrogens (tertiary/aromatic N) is 4. The molecule has 0 spiro atoms. The number of rotatable bonds is 6. The van der Waals surface area contributed by atoms with Crippen molar-refractivity contribution in [1.29, 1.82) is 0 Å². The van der Waals surface area contributed by atoms with E-state index in [9.17, 15) is 4.79 Å². The molecular weight excluding hydrogens is 486 g/mol. The van der Waals surface area contributed by atoms with Crippen molar-refractivity contribution < 1.29 is 9.53 Å². The van der Waals surface area contributed by atoms with Gasteiger partial charge in [0.1, 0.15) is 5.60 Å². The van der Waals surface area contributed by atoms with E-state index in [0.29, 0.717) is 24.5 Å². The zero-order valence-electron chi connectivity index (χ0n) is 15.7. The first-order chi connectivity index (χ1) is 12.2. The summed E-state index contributed by atoms with van der Waals surface area (Å²) >= 11 is 8.82. The molecule has 26 heavy (non-hydrogen) atoms. The highest BCUT2D eigenvalue weighted by molar-refractivity contribution is 14.2. The van der Waals surface area contributed by atoms with E-state index in [1.807, 2.05) is 37.5 Å². The fourth-order valence-electron chi connectivity index (χ4n) is 2.50. The fourth-order valence-corrected chi connectivity index (χ4v) is 4.33. The Morgan fingerprint density at radius 2 is 2.08 bits per heavy atom. The van der Waals surface area contributed by atoms with E-state index >= 15 is 0 Å². The normalized spacial score (nSPS) is 12.1. The van der Waals surface area contributed by atoms with E-state index in [2.05, 4.69) is 45.0 Å². The number of benzene rings is 1. The van der Waals surface area contributed by atoms with Crippen LogP contribution in [0.2, 0.25) is 5.02 Å². The van der Waals surface area contributed by atoms with Crippen LogP contribution in [0.5, 0.6) is 0 Å². The number of ether oxygens (including phenoxy) is 1. The maximum Gasteiger partial charge on any atom is 0.410 e. The second-order valence-corrected chi connectivity index (χ2v) is 9.43. The summed E-state index contributed by atoms with van der Waals surface area (Å²) in [5, 5.41) is 6.11. The molecule has 1 unspecified atom stereocenters. The highest BCUT2D eigenvalue weighted by atomic mass is 127. The molecule has 2 rings (SSSR count). The largest absolute Gasteiger partial charge is 0.444 e. The minimum Gasteiger partial charge on any atom is -0.444 e. The summed E-state index contributed by atoms with van der Waals surface area (Å²) < 4.78 is 7.37. The smallest absolute Gasteiger partial charge is 0.410 e. The predicted octanol–water partition coefficient (Wildman–Crippen LogP) is 5.17. The van der Waals surface area contributed by atoms with Crippen molar-refractivity contribution in [3.8, 4) is 0 Å². The average molecular weight is 511 g/mol. The zero-order chi connectivity index (χ0) is 19.5. The van der Waals surface area contributed by atoms with Gasteiger partial charge in [0.15, 0.2) is 0 Å². The minimum atomic E-state index is -0.497.